The molecule has 0 spiro atoms. The third-order valence-corrected chi connectivity index (χ3v) is 10.8. The average molecular weight is 701 g/mol. The second-order valence-corrected chi connectivity index (χ2v) is 15.0. The first-order chi connectivity index (χ1) is 22.9. The van der Waals surface area contributed by atoms with E-state index in [4.69, 9.17) is 9.94 Å². The lowest BCUT2D eigenvalue weighted by molar-refractivity contribution is -0.128. The molecular weight excluding hydrogens is 657 g/mol. The largest absolute Gasteiger partial charge is 0.411 e. The fourth-order valence-corrected chi connectivity index (χ4v) is 7.73. The zero-order valence-corrected chi connectivity index (χ0v) is 29.2. The van der Waals surface area contributed by atoms with Gasteiger partial charge < -0.3 is 30.2 Å². The molecule has 2 aromatic carbocycles. The summed E-state index contributed by atoms with van der Waals surface area (Å²) in [5.74, 6) is -0.681. The number of aliphatic hydroxyl groups is 1. The monoisotopic (exact) mass is 700 g/mol. The summed E-state index contributed by atoms with van der Waals surface area (Å²) < 4.78 is 33.8. The predicted octanol–water partition coefficient (Wildman–Crippen LogP) is 2.95. The Morgan fingerprint density at radius 1 is 1.17 bits per heavy atom. The zero-order valence-electron chi connectivity index (χ0n) is 27.6. The smallest absolute Gasteiger partial charge is 0.321 e. The zero-order chi connectivity index (χ0) is 34.8. The maximum Gasteiger partial charge on any atom is 0.321 e. The lowest BCUT2D eigenvalue weighted by atomic mass is 9.98. The molecule has 4 rings (SSSR count). The highest BCUT2D eigenvalue weighted by atomic mass is 32.2. The lowest BCUT2D eigenvalue weighted by Gasteiger charge is -2.34. The standard InChI is InChI=1S/C33H44N6O7S2/c1-23(2)31(39-15-14-37(33(39)42)20-27-22-47-24(3)35-27)32(41)36-29(18-25-8-6-5-7-9-25)30(40)21-38(16-17-46-4)48(44,45)28-12-10-26(11-13-28)19-34-43/h5-13,19,22-23,29-31,40,43H,14-18,20-21H2,1-4H3,(H,36,41)/b34-19+/t29-,30+,31?/m0/s1. The number of hydrogen-bond donors (Lipinski definition) is 3. The molecule has 3 aromatic rings. The first-order valence-electron chi connectivity index (χ1n) is 15.7. The Morgan fingerprint density at radius 2 is 1.88 bits per heavy atom. The van der Waals surface area contributed by atoms with Crippen molar-refractivity contribution in [1.29, 1.82) is 0 Å². The molecule has 1 aliphatic heterocycles. The lowest BCUT2D eigenvalue weighted by Crippen LogP contribution is -2.57. The van der Waals surface area contributed by atoms with Crippen molar-refractivity contribution in [3.8, 4) is 0 Å². The molecule has 13 nitrogen and oxygen atoms in total. The number of methoxy groups -OCH3 is 1. The summed E-state index contributed by atoms with van der Waals surface area (Å²) >= 11 is 1.52. The van der Waals surface area contributed by atoms with Crippen LogP contribution in [0.15, 0.2) is 70.0 Å². The minimum absolute atomic E-state index is 0.0191. The van der Waals surface area contributed by atoms with Gasteiger partial charge in [-0.15, -0.1) is 11.3 Å². The van der Waals surface area contributed by atoms with E-state index in [-0.39, 0.29) is 43.0 Å². The van der Waals surface area contributed by atoms with Gasteiger partial charge in [0.25, 0.3) is 0 Å². The minimum Gasteiger partial charge on any atom is -0.411 e. The molecule has 48 heavy (non-hydrogen) atoms. The van der Waals surface area contributed by atoms with Gasteiger partial charge in [-0.2, -0.15) is 4.31 Å². The van der Waals surface area contributed by atoms with Crippen LogP contribution in [-0.4, -0.2) is 114 Å². The van der Waals surface area contributed by atoms with Gasteiger partial charge in [0, 0.05) is 38.7 Å². The number of carbonyl (C=O) groups is 2. The fourth-order valence-electron chi connectivity index (χ4n) is 5.69. The molecule has 0 bridgehead atoms. The van der Waals surface area contributed by atoms with E-state index in [2.05, 4.69) is 15.5 Å². The van der Waals surface area contributed by atoms with Gasteiger partial charge in [-0.25, -0.2) is 18.2 Å². The summed E-state index contributed by atoms with van der Waals surface area (Å²) in [5.41, 5.74) is 2.13. The number of thiazole rings is 1. The van der Waals surface area contributed by atoms with E-state index in [1.165, 1.54) is 48.9 Å². The summed E-state index contributed by atoms with van der Waals surface area (Å²) in [5, 5.41) is 29.3. The van der Waals surface area contributed by atoms with E-state index in [1.807, 2.05) is 56.5 Å². The van der Waals surface area contributed by atoms with E-state index < -0.39 is 34.1 Å². The molecule has 2 heterocycles. The van der Waals surface area contributed by atoms with Crippen molar-refractivity contribution < 1.29 is 33.1 Å². The van der Waals surface area contributed by atoms with E-state index >= 15 is 0 Å². The van der Waals surface area contributed by atoms with Crippen LogP contribution in [0.5, 0.6) is 0 Å². The minimum atomic E-state index is -4.10. The quantitative estimate of drug-likeness (QED) is 0.110. The molecular formula is C33H44N6O7S2. The number of aryl methyl sites for hydroxylation is 1. The maximum atomic E-state index is 14.0. The van der Waals surface area contributed by atoms with Crippen LogP contribution in [0, 0.1) is 12.8 Å². The molecule has 260 valence electrons. The predicted molar refractivity (Wildman–Crippen MR) is 183 cm³/mol. The van der Waals surface area contributed by atoms with Crippen LogP contribution in [0.3, 0.4) is 0 Å². The first kappa shape index (κ1) is 36.9. The van der Waals surface area contributed by atoms with Gasteiger partial charge in [-0.05, 0) is 42.5 Å². The molecule has 3 N–H and O–H groups in total. The van der Waals surface area contributed by atoms with Crippen LogP contribution in [0.2, 0.25) is 0 Å². The van der Waals surface area contributed by atoms with Crippen molar-refractivity contribution in [3.05, 3.63) is 81.8 Å². The number of nitrogens with zero attached hydrogens (tertiary/aromatic N) is 5. The molecule has 15 heteroatoms. The Balaban J connectivity index is 1.56. The fraction of sp³-hybridized carbons (Fsp3) is 0.455. The van der Waals surface area contributed by atoms with Crippen molar-refractivity contribution in [1.82, 2.24) is 24.4 Å². The number of aliphatic hydroxyl groups excluding tert-OH is 1. The number of nitrogens with one attached hydrogen (secondary N) is 1. The molecule has 0 radical (unpaired) electrons. The molecule has 0 saturated carbocycles. The summed E-state index contributed by atoms with van der Waals surface area (Å²) in [4.78, 5) is 35.2. The van der Waals surface area contributed by atoms with Gasteiger partial charge in [0.1, 0.15) is 6.04 Å². The number of hydrogen-bond acceptors (Lipinski definition) is 10. The summed E-state index contributed by atoms with van der Waals surface area (Å²) in [6.45, 7) is 6.48. The SMILES string of the molecule is COCCN(C[C@@H](O)[C@H](Cc1ccccc1)NC(=O)C(C(C)C)N1CCN(Cc2csc(C)n2)C1=O)S(=O)(=O)c1ccc(/C=N/O)cc1. The Labute approximate surface area is 285 Å². The Morgan fingerprint density at radius 3 is 2.48 bits per heavy atom. The number of urea groups is 1. The molecule has 1 fully saturated rings. The molecule has 1 saturated heterocycles. The Kier molecular flexibility index (Phi) is 13.1. The van der Waals surface area contributed by atoms with Crippen LogP contribution >= 0.6 is 11.3 Å². The highest BCUT2D eigenvalue weighted by Crippen LogP contribution is 2.23. The number of aromatic nitrogens is 1. The number of oxime groups is 1. The van der Waals surface area contributed by atoms with Crippen molar-refractivity contribution in [2.45, 2.75) is 56.8 Å². The van der Waals surface area contributed by atoms with Gasteiger partial charge in [0.05, 0.1) is 47.1 Å². The van der Waals surface area contributed by atoms with Gasteiger partial charge in [-0.3, -0.25) is 4.79 Å². The Bertz CT molecular complexity index is 1630. The number of benzene rings is 2. The normalized spacial score (nSPS) is 15.9. The van der Waals surface area contributed by atoms with E-state index in [9.17, 15) is 23.1 Å². The number of rotatable bonds is 17. The van der Waals surface area contributed by atoms with Crippen LogP contribution in [-0.2, 0) is 32.5 Å². The van der Waals surface area contributed by atoms with Crippen molar-refractivity contribution in [2.24, 2.45) is 11.1 Å². The van der Waals surface area contributed by atoms with Crippen molar-refractivity contribution in [3.63, 3.8) is 0 Å². The topological polar surface area (TPSA) is 165 Å². The highest BCUT2D eigenvalue weighted by molar-refractivity contribution is 7.89. The highest BCUT2D eigenvalue weighted by Gasteiger charge is 2.40. The molecule has 1 unspecified atom stereocenters. The molecule has 0 aliphatic carbocycles. The van der Waals surface area contributed by atoms with Crippen LogP contribution in [0.4, 0.5) is 4.79 Å². The number of carbonyl (C=O) groups excluding carboxylic acids is 2. The first-order valence-corrected chi connectivity index (χ1v) is 18.0. The number of ether oxygens (including phenoxy) is 1. The summed E-state index contributed by atoms with van der Waals surface area (Å²) in [7, 11) is -2.65. The van der Waals surface area contributed by atoms with Crippen molar-refractivity contribution in [2.75, 3.05) is 39.9 Å². The van der Waals surface area contributed by atoms with E-state index in [0.717, 1.165) is 20.6 Å². The van der Waals surface area contributed by atoms with E-state index in [1.54, 1.807) is 9.80 Å². The molecule has 3 atom stereocenters. The molecule has 3 amide bonds. The second kappa shape index (κ2) is 17.0. The van der Waals surface area contributed by atoms with E-state index in [0.29, 0.717) is 25.2 Å². The summed E-state index contributed by atoms with van der Waals surface area (Å²) in [6.07, 6.45) is 0.0713. The maximum absolute atomic E-state index is 14.0. The number of sulfonamides is 1. The summed E-state index contributed by atoms with van der Waals surface area (Å²) in [6, 6.07) is 13.1. The van der Waals surface area contributed by atoms with Gasteiger partial charge in [0.15, 0.2) is 0 Å². The second-order valence-electron chi connectivity index (χ2n) is 12.0. The number of amides is 3. The van der Waals surface area contributed by atoms with Crippen LogP contribution < -0.4 is 5.32 Å². The average Bonchev–Trinajstić information content (AvgIpc) is 3.63. The Hall–Kier alpha value is -3.89. The molecule has 1 aliphatic rings. The van der Waals surface area contributed by atoms with Crippen LogP contribution in [0.1, 0.15) is 35.7 Å². The van der Waals surface area contributed by atoms with Gasteiger partial charge in [0.2, 0.25) is 15.9 Å². The third kappa shape index (κ3) is 9.38. The van der Waals surface area contributed by atoms with Gasteiger partial charge in [-0.1, -0.05) is 61.5 Å². The van der Waals surface area contributed by atoms with Crippen molar-refractivity contribution >= 4 is 39.5 Å². The van der Waals surface area contributed by atoms with Crippen LogP contribution in [0.25, 0.3) is 0 Å². The van der Waals surface area contributed by atoms with Gasteiger partial charge >= 0.3 is 6.03 Å². The molecule has 1 aromatic heterocycles. The third-order valence-electron chi connectivity index (χ3n) is 8.13.